The van der Waals surface area contributed by atoms with Crippen molar-refractivity contribution < 1.29 is 8.42 Å². The summed E-state index contributed by atoms with van der Waals surface area (Å²) >= 11 is 0. The molecular formula is C18H20N4O3S. The Labute approximate surface area is 151 Å². The Balaban J connectivity index is 1.62. The van der Waals surface area contributed by atoms with Gasteiger partial charge < -0.3 is 4.57 Å². The summed E-state index contributed by atoms with van der Waals surface area (Å²) in [5.74, 6) is 0. The second-order valence-electron chi connectivity index (χ2n) is 6.78. The Morgan fingerprint density at radius 3 is 2.77 bits per heavy atom. The normalized spacial score (nSPS) is 15.3. The number of nitrogens with zero attached hydrogens (tertiary/aromatic N) is 3. The van der Waals surface area contributed by atoms with Gasteiger partial charge in [0.1, 0.15) is 0 Å². The molecule has 3 aromatic rings. The average Bonchev–Trinajstić information content (AvgIpc) is 2.91. The highest BCUT2D eigenvalue weighted by Crippen LogP contribution is 2.22. The van der Waals surface area contributed by atoms with Crippen molar-refractivity contribution in [1.82, 2.24) is 19.4 Å². The Morgan fingerprint density at radius 1 is 1.27 bits per heavy atom. The van der Waals surface area contributed by atoms with Crippen molar-refractivity contribution in [3.63, 3.8) is 0 Å². The number of aromatic amines is 1. The van der Waals surface area contributed by atoms with Crippen molar-refractivity contribution in [3.05, 3.63) is 57.6 Å². The second-order valence-corrected chi connectivity index (χ2v) is 8.71. The lowest BCUT2D eigenvalue weighted by Gasteiger charge is -2.27. The first-order valence-electron chi connectivity index (χ1n) is 8.41. The van der Waals surface area contributed by atoms with Gasteiger partial charge >= 0.3 is 0 Å². The second kappa shape index (κ2) is 6.07. The predicted molar refractivity (Wildman–Crippen MR) is 98.7 cm³/mol. The Bertz CT molecular complexity index is 1160. The molecule has 0 radical (unpaired) electrons. The number of sulfone groups is 1. The van der Waals surface area contributed by atoms with E-state index in [9.17, 15) is 13.2 Å². The van der Waals surface area contributed by atoms with Crippen molar-refractivity contribution >= 4 is 20.7 Å². The van der Waals surface area contributed by atoms with Gasteiger partial charge in [0.2, 0.25) is 15.0 Å². The number of para-hydroxylation sites is 1. The molecule has 1 N–H and O–H groups in total. The third-order valence-electron chi connectivity index (χ3n) is 4.91. The van der Waals surface area contributed by atoms with Gasteiger partial charge in [-0.15, -0.1) is 0 Å². The van der Waals surface area contributed by atoms with Gasteiger partial charge in [0, 0.05) is 50.6 Å². The maximum atomic E-state index is 12.3. The van der Waals surface area contributed by atoms with Gasteiger partial charge in [-0.1, -0.05) is 18.2 Å². The van der Waals surface area contributed by atoms with Gasteiger partial charge in [0.15, 0.2) is 0 Å². The molecule has 0 amide bonds. The molecule has 136 valence electrons. The summed E-state index contributed by atoms with van der Waals surface area (Å²) in [6.07, 6.45) is 1.61. The van der Waals surface area contributed by atoms with Crippen molar-refractivity contribution in [2.75, 3.05) is 12.8 Å². The summed E-state index contributed by atoms with van der Waals surface area (Å²) in [6.45, 7) is 1.91. The molecule has 1 aliphatic heterocycles. The number of hydrogen-bond acceptors (Lipinski definition) is 5. The average molecular weight is 372 g/mol. The van der Waals surface area contributed by atoms with Gasteiger partial charge in [-0.05, 0) is 17.5 Å². The highest BCUT2D eigenvalue weighted by atomic mass is 32.2. The Morgan fingerprint density at radius 2 is 2.04 bits per heavy atom. The monoisotopic (exact) mass is 372 g/mol. The van der Waals surface area contributed by atoms with Crippen LogP contribution in [0.1, 0.15) is 17.0 Å². The molecular weight excluding hydrogens is 352 g/mol. The minimum absolute atomic E-state index is 0.247. The van der Waals surface area contributed by atoms with Crippen LogP contribution in [0.4, 0.5) is 0 Å². The van der Waals surface area contributed by atoms with E-state index in [1.807, 2.05) is 19.2 Å². The van der Waals surface area contributed by atoms with Crippen LogP contribution in [0.25, 0.3) is 10.9 Å². The Hall–Kier alpha value is -2.45. The molecule has 0 saturated heterocycles. The smallest absolute Gasteiger partial charge is 0.256 e. The summed E-state index contributed by atoms with van der Waals surface area (Å²) in [5, 5.41) is 0.947. The minimum atomic E-state index is -3.52. The zero-order valence-electron chi connectivity index (χ0n) is 14.7. The number of fused-ring (bicyclic) bond motifs is 2. The van der Waals surface area contributed by atoms with E-state index in [4.69, 9.17) is 0 Å². The number of rotatable bonds is 3. The van der Waals surface area contributed by atoms with Crippen LogP contribution in [0.5, 0.6) is 0 Å². The van der Waals surface area contributed by atoms with Crippen molar-refractivity contribution in [2.24, 2.45) is 7.05 Å². The lowest BCUT2D eigenvalue weighted by Crippen LogP contribution is -2.36. The summed E-state index contributed by atoms with van der Waals surface area (Å²) in [5.41, 5.74) is 3.13. The standard InChI is InChI=1S/C18H20N4O3S/c1-21-13(9-12-5-3-4-6-16(12)21)10-22-8-7-15-14(11-22)17(23)20-18(19-15)26(2,24)25/h3-6,9H,7-8,10-11H2,1-2H3,(H,19,20,23). The van der Waals surface area contributed by atoms with E-state index >= 15 is 0 Å². The maximum Gasteiger partial charge on any atom is 0.256 e. The molecule has 0 fully saturated rings. The van der Waals surface area contributed by atoms with E-state index in [1.165, 1.54) is 16.6 Å². The molecule has 0 bridgehead atoms. The van der Waals surface area contributed by atoms with Crippen LogP contribution in [0.3, 0.4) is 0 Å². The van der Waals surface area contributed by atoms with Gasteiger partial charge in [0.05, 0.1) is 11.3 Å². The molecule has 0 spiro atoms. The summed E-state index contributed by atoms with van der Waals surface area (Å²) in [4.78, 5) is 21.1. The van der Waals surface area contributed by atoms with Crippen LogP contribution in [-0.4, -0.2) is 40.7 Å². The number of nitrogens with one attached hydrogen (secondary N) is 1. The third kappa shape index (κ3) is 2.95. The van der Waals surface area contributed by atoms with E-state index in [0.717, 1.165) is 19.3 Å². The summed E-state index contributed by atoms with van der Waals surface area (Å²) in [6, 6.07) is 10.4. The molecule has 2 aromatic heterocycles. The quantitative estimate of drug-likeness (QED) is 0.699. The first-order chi connectivity index (χ1) is 12.3. The van der Waals surface area contributed by atoms with Crippen molar-refractivity contribution in [1.29, 1.82) is 0 Å². The largest absolute Gasteiger partial charge is 0.346 e. The third-order valence-corrected chi connectivity index (χ3v) is 5.81. The zero-order valence-corrected chi connectivity index (χ0v) is 15.5. The fraction of sp³-hybridized carbons (Fsp3) is 0.333. The first-order valence-corrected chi connectivity index (χ1v) is 10.3. The van der Waals surface area contributed by atoms with Crippen LogP contribution in [0, 0.1) is 0 Å². The van der Waals surface area contributed by atoms with Crippen LogP contribution in [-0.2, 0) is 36.4 Å². The van der Waals surface area contributed by atoms with Crippen molar-refractivity contribution in [2.45, 2.75) is 24.7 Å². The van der Waals surface area contributed by atoms with Crippen molar-refractivity contribution in [3.8, 4) is 0 Å². The lowest BCUT2D eigenvalue weighted by atomic mass is 10.1. The molecule has 0 aliphatic carbocycles. The molecule has 0 unspecified atom stereocenters. The number of H-pyrrole nitrogens is 1. The molecule has 7 nitrogen and oxygen atoms in total. The fourth-order valence-electron chi connectivity index (χ4n) is 3.50. The number of aryl methyl sites for hydroxylation is 1. The Kier molecular flexibility index (Phi) is 3.96. The van der Waals surface area contributed by atoms with Gasteiger partial charge in [-0.3, -0.25) is 14.7 Å². The molecule has 3 heterocycles. The highest BCUT2D eigenvalue weighted by Gasteiger charge is 2.24. The molecule has 4 rings (SSSR count). The van der Waals surface area contributed by atoms with Gasteiger partial charge in [0.25, 0.3) is 5.56 Å². The summed E-state index contributed by atoms with van der Waals surface area (Å²) in [7, 11) is -1.48. The fourth-order valence-corrected chi connectivity index (χ4v) is 4.05. The topological polar surface area (TPSA) is 88.1 Å². The zero-order chi connectivity index (χ0) is 18.5. The van der Waals surface area contributed by atoms with E-state index in [0.29, 0.717) is 24.2 Å². The van der Waals surface area contributed by atoms with Crippen LogP contribution < -0.4 is 5.56 Å². The number of hydrogen-bond donors (Lipinski definition) is 1. The summed E-state index contributed by atoms with van der Waals surface area (Å²) < 4.78 is 25.5. The molecule has 0 saturated carbocycles. The van der Waals surface area contributed by atoms with E-state index < -0.39 is 9.84 Å². The molecule has 1 aromatic carbocycles. The molecule has 26 heavy (non-hydrogen) atoms. The predicted octanol–water partition coefficient (Wildman–Crippen LogP) is 1.22. The van der Waals surface area contributed by atoms with Crippen LogP contribution >= 0.6 is 0 Å². The first kappa shape index (κ1) is 17.0. The van der Waals surface area contributed by atoms with Crippen LogP contribution in [0.2, 0.25) is 0 Å². The van der Waals surface area contributed by atoms with E-state index in [2.05, 4.69) is 37.6 Å². The van der Waals surface area contributed by atoms with E-state index in [-0.39, 0.29) is 10.7 Å². The van der Waals surface area contributed by atoms with Crippen LogP contribution in [0.15, 0.2) is 40.3 Å². The SMILES string of the molecule is Cn1c(CN2CCc3nc(S(C)(=O)=O)[nH]c(=O)c3C2)cc2ccccc21. The minimum Gasteiger partial charge on any atom is -0.346 e. The van der Waals surface area contributed by atoms with Gasteiger partial charge in [-0.2, -0.15) is 0 Å². The maximum absolute atomic E-state index is 12.3. The van der Waals surface area contributed by atoms with E-state index in [1.54, 1.807) is 0 Å². The van der Waals surface area contributed by atoms with Gasteiger partial charge in [-0.25, -0.2) is 13.4 Å². The molecule has 0 atom stereocenters. The lowest BCUT2D eigenvalue weighted by molar-refractivity contribution is 0.236. The molecule has 1 aliphatic rings. The molecule has 8 heteroatoms. The number of benzene rings is 1. The highest BCUT2D eigenvalue weighted by molar-refractivity contribution is 7.90. The number of aromatic nitrogens is 3.